The van der Waals surface area contributed by atoms with Crippen LogP contribution in [0.25, 0.3) is 0 Å². The first-order valence-electron chi connectivity index (χ1n) is 6.20. The van der Waals surface area contributed by atoms with Gasteiger partial charge in [0, 0.05) is 30.9 Å². The molecule has 20 heavy (non-hydrogen) atoms. The largest absolute Gasteiger partial charge is 0.395 e. The number of rotatable bonds is 3. The Kier molecular flexibility index (Phi) is 4.53. The van der Waals surface area contributed by atoms with Crippen LogP contribution in [0.15, 0.2) is 36.5 Å². The zero-order valence-electron chi connectivity index (χ0n) is 11.1. The summed E-state index contributed by atoms with van der Waals surface area (Å²) in [6, 6.07) is 8.86. The summed E-state index contributed by atoms with van der Waals surface area (Å²) >= 11 is 0. The van der Waals surface area contributed by atoms with Gasteiger partial charge in [-0.25, -0.2) is 0 Å². The average molecular weight is 269 g/mol. The van der Waals surface area contributed by atoms with Crippen molar-refractivity contribution in [3.63, 3.8) is 0 Å². The number of aromatic nitrogens is 2. The molecule has 0 aliphatic carbocycles. The van der Waals surface area contributed by atoms with Crippen LogP contribution in [0.1, 0.15) is 22.5 Å². The number of aryl methyl sites for hydroxylation is 1. The number of benzene rings is 1. The van der Waals surface area contributed by atoms with Gasteiger partial charge in [-0.3, -0.25) is 9.48 Å². The number of amides is 1. The second-order valence-corrected chi connectivity index (χ2v) is 4.18. The van der Waals surface area contributed by atoms with E-state index in [9.17, 15) is 4.79 Å². The number of aliphatic hydroxyl groups excluding tert-OH is 1. The van der Waals surface area contributed by atoms with Gasteiger partial charge in [0.15, 0.2) is 5.69 Å². The molecule has 2 aromatic rings. The Hall–Kier alpha value is -2.58. The molecule has 0 spiro atoms. The third-order valence-electron chi connectivity index (χ3n) is 2.56. The van der Waals surface area contributed by atoms with E-state index in [0.717, 1.165) is 5.56 Å². The molecule has 0 atom stereocenters. The van der Waals surface area contributed by atoms with Gasteiger partial charge in [-0.2, -0.15) is 5.10 Å². The van der Waals surface area contributed by atoms with E-state index < -0.39 is 0 Å². The summed E-state index contributed by atoms with van der Waals surface area (Å²) in [5.41, 5.74) is 1.90. The monoisotopic (exact) mass is 269 g/mol. The minimum atomic E-state index is -0.246. The number of anilines is 1. The first kappa shape index (κ1) is 13.8. The van der Waals surface area contributed by atoms with Crippen LogP contribution in [-0.2, 0) is 7.05 Å². The summed E-state index contributed by atoms with van der Waals surface area (Å²) in [6.07, 6.45) is 2.17. The summed E-state index contributed by atoms with van der Waals surface area (Å²) in [7, 11) is 1.76. The maximum atomic E-state index is 11.9. The number of nitrogens with one attached hydrogen (secondary N) is 1. The first-order valence-corrected chi connectivity index (χ1v) is 6.20. The molecular formula is C15H15N3O2. The van der Waals surface area contributed by atoms with Gasteiger partial charge in [-0.05, 0) is 30.3 Å². The quantitative estimate of drug-likeness (QED) is 0.828. The van der Waals surface area contributed by atoms with Crippen molar-refractivity contribution in [2.45, 2.75) is 6.42 Å². The van der Waals surface area contributed by atoms with Crippen LogP contribution in [-0.4, -0.2) is 27.4 Å². The fraction of sp³-hybridized carbons (Fsp3) is 0.200. The van der Waals surface area contributed by atoms with E-state index in [4.69, 9.17) is 5.11 Å². The zero-order valence-corrected chi connectivity index (χ0v) is 11.1. The maximum Gasteiger partial charge on any atom is 0.276 e. The van der Waals surface area contributed by atoms with Crippen molar-refractivity contribution in [1.29, 1.82) is 0 Å². The van der Waals surface area contributed by atoms with Crippen LogP contribution >= 0.6 is 0 Å². The lowest BCUT2D eigenvalue weighted by atomic mass is 10.2. The third-order valence-corrected chi connectivity index (χ3v) is 2.56. The lowest BCUT2D eigenvalue weighted by Crippen LogP contribution is -2.12. The van der Waals surface area contributed by atoms with Crippen LogP contribution in [0, 0.1) is 11.8 Å². The highest BCUT2D eigenvalue weighted by Gasteiger charge is 2.08. The Bertz CT molecular complexity index is 648. The highest BCUT2D eigenvalue weighted by Crippen LogP contribution is 2.10. The highest BCUT2D eigenvalue weighted by molar-refractivity contribution is 6.02. The minimum absolute atomic E-state index is 0.0607. The van der Waals surface area contributed by atoms with E-state index in [1.54, 1.807) is 36.1 Å². The van der Waals surface area contributed by atoms with Crippen LogP contribution in [0.2, 0.25) is 0 Å². The molecule has 0 radical (unpaired) electrons. The fourth-order valence-corrected chi connectivity index (χ4v) is 1.59. The standard InChI is InChI=1S/C15H15N3O2/c1-18-10-9-14(17-18)15(20)16-13-7-5-12(6-8-13)4-2-3-11-19/h5-10,19H,3,11H2,1H3,(H,16,20). The van der Waals surface area contributed by atoms with Crippen LogP contribution < -0.4 is 5.32 Å². The van der Waals surface area contributed by atoms with E-state index in [2.05, 4.69) is 22.3 Å². The molecule has 0 unspecified atom stereocenters. The Morgan fingerprint density at radius 2 is 2.10 bits per heavy atom. The van der Waals surface area contributed by atoms with Crippen molar-refractivity contribution < 1.29 is 9.90 Å². The fourth-order valence-electron chi connectivity index (χ4n) is 1.59. The Morgan fingerprint density at radius 3 is 2.70 bits per heavy atom. The Morgan fingerprint density at radius 1 is 1.35 bits per heavy atom. The van der Waals surface area contributed by atoms with E-state index in [1.165, 1.54) is 0 Å². The lowest BCUT2D eigenvalue weighted by molar-refractivity contribution is 0.102. The SMILES string of the molecule is Cn1ccc(C(=O)Nc2ccc(C#CCCO)cc2)n1. The molecule has 1 heterocycles. The Balaban J connectivity index is 2.01. The zero-order chi connectivity index (χ0) is 14.4. The second-order valence-electron chi connectivity index (χ2n) is 4.18. The molecule has 0 fully saturated rings. The minimum Gasteiger partial charge on any atom is -0.395 e. The van der Waals surface area contributed by atoms with Gasteiger partial charge in [0.05, 0.1) is 6.61 Å². The number of hydrogen-bond donors (Lipinski definition) is 2. The third kappa shape index (κ3) is 3.70. The Labute approximate surface area is 117 Å². The summed E-state index contributed by atoms with van der Waals surface area (Å²) in [5.74, 6) is 5.52. The van der Waals surface area contributed by atoms with Crippen LogP contribution in [0.5, 0.6) is 0 Å². The second kappa shape index (κ2) is 6.55. The predicted octanol–water partition coefficient (Wildman–Crippen LogP) is 1.41. The first-order chi connectivity index (χ1) is 9.69. The summed E-state index contributed by atoms with van der Waals surface area (Å²) < 4.78 is 1.58. The van der Waals surface area contributed by atoms with Crippen LogP contribution in [0.3, 0.4) is 0 Å². The summed E-state index contributed by atoms with van der Waals surface area (Å²) in [4.78, 5) is 11.9. The summed E-state index contributed by atoms with van der Waals surface area (Å²) in [5, 5.41) is 15.4. The normalized spacial score (nSPS) is 9.70. The summed E-state index contributed by atoms with van der Waals surface area (Å²) in [6.45, 7) is 0.0607. The highest BCUT2D eigenvalue weighted by atomic mass is 16.2. The number of carbonyl (C=O) groups is 1. The molecule has 2 rings (SSSR count). The number of hydrogen-bond acceptors (Lipinski definition) is 3. The van der Waals surface area contributed by atoms with Crippen molar-refractivity contribution in [3.8, 4) is 11.8 Å². The molecular weight excluding hydrogens is 254 g/mol. The van der Waals surface area contributed by atoms with Gasteiger partial charge in [-0.15, -0.1) is 0 Å². The maximum absolute atomic E-state index is 11.9. The van der Waals surface area contributed by atoms with Crippen molar-refractivity contribution in [1.82, 2.24) is 9.78 Å². The molecule has 1 aromatic carbocycles. The molecule has 2 N–H and O–H groups in total. The van der Waals surface area contributed by atoms with Gasteiger partial charge in [0.1, 0.15) is 0 Å². The van der Waals surface area contributed by atoms with E-state index in [-0.39, 0.29) is 12.5 Å². The molecule has 0 saturated carbocycles. The molecule has 1 amide bonds. The van der Waals surface area contributed by atoms with Gasteiger partial charge < -0.3 is 10.4 Å². The van der Waals surface area contributed by atoms with E-state index in [1.807, 2.05) is 12.1 Å². The smallest absolute Gasteiger partial charge is 0.276 e. The van der Waals surface area contributed by atoms with Crippen molar-refractivity contribution in [3.05, 3.63) is 47.8 Å². The predicted molar refractivity (Wildman–Crippen MR) is 76.2 cm³/mol. The van der Waals surface area contributed by atoms with Crippen molar-refractivity contribution in [2.24, 2.45) is 7.05 Å². The van der Waals surface area contributed by atoms with E-state index >= 15 is 0 Å². The number of nitrogens with zero attached hydrogens (tertiary/aromatic N) is 2. The van der Waals surface area contributed by atoms with E-state index in [0.29, 0.717) is 17.8 Å². The van der Waals surface area contributed by atoms with Gasteiger partial charge in [0.25, 0.3) is 5.91 Å². The molecule has 0 saturated heterocycles. The van der Waals surface area contributed by atoms with Gasteiger partial charge in [0.2, 0.25) is 0 Å². The average Bonchev–Trinajstić information content (AvgIpc) is 2.88. The molecule has 5 nitrogen and oxygen atoms in total. The lowest BCUT2D eigenvalue weighted by Gasteiger charge is -2.02. The van der Waals surface area contributed by atoms with Crippen molar-refractivity contribution in [2.75, 3.05) is 11.9 Å². The topological polar surface area (TPSA) is 67.2 Å². The van der Waals surface area contributed by atoms with Crippen molar-refractivity contribution >= 4 is 11.6 Å². The van der Waals surface area contributed by atoms with Crippen LogP contribution in [0.4, 0.5) is 5.69 Å². The molecule has 0 aliphatic rings. The van der Waals surface area contributed by atoms with Gasteiger partial charge >= 0.3 is 0 Å². The number of carbonyl (C=O) groups excluding carboxylic acids is 1. The number of aliphatic hydroxyl groups is 1. The van der Waals surface area contributed by atoms with Gasteiger partial charge in [-0.1, -0.05) is 11.8 Å². The molecule has 102 valence electrons. The molecule has 0 bridgehead atoms. The molecule has 5 heteroatoms. The molecule has 0 aliphatic heterocycles. The molecule has 1 aromatic heterocycles.